The van der Waals surface area contributed by atoms with Crippen LogP contribution >= 0.6 is 0 Å². The summed E-state index contributed by atoms with van der Waals surface area (Å²) in [6, 6.07) is 9.29. The number of fused-ring (bicyclic) bond motifs is 1. The predicted octanol–water partition coefficient (Wildman–Crippen LogP) is 3.89. The van der Waals surface area contributed by atoms with Gasteiger partial charge in [-0.1, -0.05) is 0 Å². The minimum atomic E-state index is -4.46. The number of carbonyl (C=O) groups is 2. The molecule has 2 saturated heterocycles. The third-order valence-electron chi connectivity index (χ3n) is 6.33. The molecular formula is C23H22F3N5O2. The summed E-state index contributed by atoms with van der Waals surface area (Å²) in [5.74, 6) is 0.144. The molecule has 10 heteroatoms. The van der Waals surface area contributed by atoms with Crippen molar-refractivity contribution in [1.29, 1.82) is 0 Å². The number of pyridine rings is 1. The number of hydrogen-bond acceptors (Lipinski definition) is 4. The molecule has 5 rings (SSSR count). The molecule has 2 aliphatic heterocycles. The predicted molar refractivity (Wildman–Crippen MR) is 114 cm³/mol. The number of benzene rings is 1. The van der Waals surface area contributed by atoms with Crippen molar-refractivity contribution in [3.8, 4) is 0 Å². The highest BCUT2D eigenvalue weighted by molar-refractivity contribution is 5.97. The van der Waals surface area contributed by atoms with Crippen molar-refractivity contribution in [1.82, 2.24) is 19.5 Å². The molecule has 4 heterocycles. The van der Waals surface area contributed by atoms with Crippen molar-refractivity contribution in [2.24, 2.45) is 0 Å². The van der Waals surface area contributed by atoms with Crippen LogP contribution in [0, 0.1) is 0 Å². The van der Waals surface area contributed by atoms with E-state index in [0.29, 0.717) is 55.9 Å². The molecule has 0 radical (unpaired) electrons. The largest absolute Gasteiger partial charge is 0.417 e. The molecule has 7 nitrogen and oxygen atoms in total. The van der Waals surface area contributed by atoms with Gasteiger partial charge in [0.25, 0.3) is 5.91 Å². The topological polar surface area (TPSA) is 70.8 Å². The Morgan fingerprint density at radius 3 is 2.48 bits per heavy atom. The number of nitrogens with zero attached hydrogens (tertiary/aromatic N) is 5. The van der Waals surface area contributed by atoms with Crippen LogP contribution in [0.3, 0.4) is 0 Å². The zero-order chi connectivity index (χ0) is 23.2. The number of aromatic nitrogens is 3. The summed E-state index contributed by atoms with van der Waals surface area (Å²) in [4.78, 5) is 28.5. The third-order valence-corrected chi connectivity index (χ3v) is 6.33. The molecule has 0 saturated carbocycles. The van der Waals surface area contributed by atoms with Gasteiger partial charge in [-0.3, -0.25) is 14.0 Å². The van der Waals surface area contributed by atoms with Crippen LogP contribution in [0.4, 0.5) is 18.9 Å². The SMILES string of the molecule is O=C(c1ccc(N2CCCC2=O)cc1)N1CCCC(c2nnc3ccc(C(F)(F)F)cn23)C1. The van der Waals surface area contributed by atoms with Crippen LogP contribution in [-0.2, 0) is 11.0 Å². The second kappa shape index (κ2) is 8.17. The Kier molecular flexibility index (Phi) is 5.30. The standard InChI is InChI=1S/C23H22F3N5O2/c24-23(25,26)17-7-10-19-27-28-21(31(19)14-17)16-3-1-11-29(13-16)22(33)15-5-8-18(9-6-15)30-12-2-4-20(30)32/h5-10,14,16H,1-4,11-13H2. The van der Waals surface area contributed by atoms with E-state index in [1.54, 1.807) is 34.1 Å². The molecule has 1 atom stereocenters. The molecule has 0 N–H and O–H groups in total. The molecule has 1 aromatic carbocycles. The molecule has 33 heavy (non-hydrogen) atoms. The van der Waals surface area contributed by atoms with E-state index in [1.165, 1.54) is 10.5 Å². The number of anilines is 1. The summed E-state index contributed by atoms with van der Waals surface area (Å²) >= 11 is 0. The van der Waals surface area contributed by atoms with E-state index in [1.807, 2.05) is 0 Å². The second-order valence-corrected chi connectivity index (χ2v) is 8.49. The lowest BCUT2D eigenvalue weighted by molar-refractivity contribution is -0.137. The number of likely N-dealkylation sites (tertiary alicyclic amines) is 1. The van der Waals surface area contributed by atoms with Crippen molar-refractivity contribution < 1.29 is 22.8 Å². The second-order valence-electron chi connectivity index (χ2n) is 8.49. The summed E-state index contributed by atoms with van der Waals surface area (Å²) < 4.78 is 40.9. The van der Waals surface area contributed by atoms with Gasteiger partial charge in [0.05, 0.1) is 5.56 Å². The van der Waals surface area contributed by atoms with E-state index in [9.17, 15) is 22.8 Å². The lowest BCUT2D eigenvalue weighted by Gasteiger charge is -2.32. The first kappa shape index (κ1) is 21.4. The Balaban J connectivity index is 1.35. The fraction of sp³-hybridized carbons (Fsp3) is 0.391. The van der Waals surface area contributed by atoms with Gasteiger partial charge in [-0.25, -0.2) is 0 Å². The van der Waals surface area contributed by atoms with Crippen LogP contribution in [0.1, 0.15) is 53.3 Å². The van der Waals surface area contributed by atoms with Crippen LogP contribution in [0.2, 0.25) is 0 Å². The van der Waals surface area contributed by atoms with E-state index in [-0.39, 0.29) is 17.7 Å². The Hall–Kier alpha value is -3.43. The lowest BCUT2D eigenvalue weighted by Crippen LogP contribution is -2.39. The zero-order valence-corrected chi connectivity index (χ0v) is 17.8. The van der Waals surface area contributed by atoms with E-state index in [0.717, 1.165) is 24.4 Å². The van der Waals surface area contributed by atoms with E-state index in [4.69, 9.17) is 0 Å². The molecule has 1 unspecified atom stereocenters. The van der Waals surface area contributed by atoms with Gasteiger partial charge in [0.15, 0.2) is 5.65 Å². The lowest BCUT2D eigenvalue weighted by atomic mass is 9.96. The van der Waals surface area contributed by atoms with Crippen molar-refractivity contribution in [3.63, 3.8) is 0 Å². The number of carbonyl (C=O) groups excluding carboxylic acids is 2. The highest BCUT2D eigenvalue weighted by Gasteiger charge is 2.33. The van der Waals surface area contributed by atoms with Crippen molar-refractivity contribution in [2.75, 3.05) is 24.5 Å². The van der Waals surface area contributed by atoms with Gasteiger partial charge in [-0.05, 0) is 55.7 Å². The number of rotatable bonds is 3. The maximum Gasteiger partial charge on any atom is 0.417 e. The van der Waals surface area contributed by atoms with E-state index in [2.05, 4.69) is 10.2 Å². The molecular weight excluding hydrogens is 435 g/mol. The number of amides is 2. The Labute approximate surface area is 187 Å². The molecule has 2 amide bonds. The monoisotopic (exact) mass is 457 g/mol. The Morgan fingerprint density at radius 2 is 1.79 bits per heavy atom. The molecule has 2 aromatic heterocycles. The molecule has 0 bridgehead atoms. The molecule has 0 spiro atoms. The highest BCUT2D eigenvalue weighted by Crippen LogP contribution is 2.32. The van der Waals surface area contributed by atoms with Crippen LogP contribution in [0.25, 0.3) is 5.65 Å². The molecule has 2 fully saturated rings. The van der Waals surface area contributed by atoms with E-state index < -0.39 is 11.7 Å². The minimum Gasteiger partial charge on any atom is -0.338 e. The Bertz CT molecular complexity index is 1210. The van der Waals surface area contributed by atoms with Crippen molar-refractivity contribution >= 4 is 23.1 Å². The van der Waals surface area contributed by atoms with Gasteiger partial charge in [0, 0.05) is 49.4 Å². The minimum absolute atomic E-state index is 0.0853. The number of halogens is 3. The summed E-state index contributed by atoms with van der Waals surface area (Å²) in [6.07, 6.45) is -0.657. The van der Waals surface area contributed by atoms with Gasteiger partial charge in [-0.15, -0.1) is 10.2 Å². The summed E-state index contributed by atoms with van der Waals surface area (Å²) in [5, 5.41) is 8.15. The first-order valence-corrected chi connectivity index (χ1v) is 10.9. The zero-order valence-electron chi connectivity index (χ0n) is 17.8. The quantitative estimate of drug-likeness (QED) is 0.598. The van der Waals surface area contributed by atoms with Crippen LogP contribution in [0.15, 0.2) is 42.6 Å². The molecule has 3 aromatic rings. The molecule has 2 aliphatic rings. The van der Waals surface area contributed by atoms with Crippen LogP contribution < -0.4 is 4.90 Å². The van der Waals surface area contributed by atoms with Gasteiger partial charge in [-0.2, -0.15) is 13.2 Å². The number of piperidine rings is 1. The van der Waals surface area contributed by atoms with Crippen molar-refractivity contribution in [3.05, 3.63) is 59.5 Å². The average molecular weight is 457 g/mol. The van der Waals surface area contributed by atoms with Crippen LogP contribution in [-0.4, -0.2) is 50.9 Å². The smallest absolute Gasteiger partial charge is 0.338 e. The van der Waals surface area contributed by atoms with Gasteiger partial charge in [0.2, 0.25) is 5.91 Å². The number of hydrogen-bond donors (Lipinski definition) is 0. The van der Waals surface area contributed by atoms with Crippen LogP contribution in [0.5, 0.6) is 0 Å². The van der Waals surface area contributed by atoms with Gasteiger partial charge in [0.1, 0.15) is 5.82 Å². The summed E-state index contributed by atoms with van der Waals surface area (Å²) in [7, 11) is 0. The summed E-state index contributed by atoms with van der Waals surface area (Å²) in [6.45, 7) is 1.59. The fourth-order valence-electron chi connectivity index (χ4n) is 4.61. The summed E-state index contributed by atoms with van der Waals surface area (Å²) in [5.41, 5.74) is 0.863. The first-order valence-electron chi connectivity index (χ1n) is 10.9. The maximum absolute atomic E-state index is 13.2. The van der Waals surface area contributed by atoms with Crippen molar-refractivity contribution in [2.45, 2.75) is 37.8 Å². The first-order chi connectivity index (χ1) is 15.8. The number of alkyl halides is 3. The average Bonchev–Trinajstić information content (AvgIpc) is 3.44. The van der Waals surface area contributed by atoms with Gasteiger partial charge >= 0.3 is 6.18 Å². The van der Waals surface area contributed by atoms with E-state index >= 15 is 0 Å². The molecule has 172 valence electrons. The maximum atomic E-state index is 13.2. The highest BCUT2D eigenvalue weighted by atomic mass is 19.4. The Morgan fingerprint density at radius 1 is 1.00 bits per heavy atom. The molecule has 0 aliphatic carbocycles. The third kappa shape index (κ3) is 4.05. The fourth-order valence-corrected chi connectivity index (χ4v) is 4.61. The normalized spacial score (nSPS) is 19.5. The van der Waals surface area contributed by atoms with Gasteiger partial charge < -0.3 is 9.80 Å².